The van der Waals surface area contributed by atoms with E-state index in [2.05, 4.69) is 28.4 Å². The second-order valence-electron chi connectivity index (χ2n) is 9.07. The van der Waals surface area contributed by atoms with Crippen LogP contribution in [0.15, 0.2) is 47.2 Å². The van der Waals surface area contributed by atoms with E-state index in [-0.39, 0.29) is 4.21 Å². The molecule has 6 nitrogen and oxygen atoms in total. The van der Waals surface area contributed by atoms with Crippen LogP contribution in [0.5, 0.6) is 0 Å². The Hall–Kier alpha value is -2.47. The molecular weight excluding hydrogens is 428 g/mol. The van der Waals surface area contributed by atoms with Crippen molar-refractivity contribution >= 4 is 27.0 Å². The van der Waals surface area contributed by atoms with Crippen LogP contribution in [0.3, 0.4) is 0 Å². The van der Waals surface area contributed by atoms with Crippen molar-refractivity contribution in [3.8, 4) is 11.1 Å². The SMILES string of the molecule is [C-]#[N+]c1cc(Cn2ccnc2)ccc1-c1cc(CC(C)C)sc1S(=O)(=O)NC(C)(C)C. The van der Waals surface area contributed by atoms with Gasteiger partial charge in [-0.3, -0.25) is 0 Å². The molecule has 0 aliphatic carbocycles. The number of benzene rings is 1. The minimum absolute atomic E-state index is 0.269. The van der Waals surface area contributed by atoms with E-state index in [1.54, 1.807) is 12.5 Å². The highest BCUT2D eigenvalue weighted by Gasteiger charge is 2.28. The predicted octanol–water partition coefficient (Wildman–Crippen LogP) is 5.49. The molecule has 0 aliphatic rings. The van der Waals surface area contributed by atoms with Crippen molar-refractivity contribution in [1.29, 1.82) is 0 Å². The average Bonchev–Trinajstić information content (AvgIpc) is 3.29. The van der Waals surface area contributed by atoms with Gasteiger partial charge in [-0.15, -0.1) is 11.3 Å². The standard InChI is InChI=1S/C23H28N4O2S2/c1-16(2)11-18-13-20(22(30-18)31(28,29)26-23(3,4)5)19-8-7-17(12-21(19)24-6)14-27-10-9-25-15-27/h7-10,12-13,15-16,26H,11,14H2,1-5H3. The number of rotatable bonds is 7. The Bertz CT molecular complexity index is 1200. The van der Waals surface area contributed by atoms with Crippen molar-refractivity contribution in [2.24, 2.45) is 5.92 Å². The minimum atomic E-state index is -3.73. The Labute approximate surface area is 188 Å². The summed E-state index contributed by atoms with van der Waals surface area (Å²) in [6.45, 7) is 18.0. The lowest BCUT2D eigenvalue weighted by atomic mass is 10.0. The van der Waals surface area contributed by atoms with Gasteiger partial charge in [0.15, 0.2) is 5.69 Å². The van der Waals surface area contributed by atoms with Crippen LogP contribution in [0.4, 0.5) is 5.69 Å². The van der Waals surface area contributed by atoms with Crippen LogP contribution in [-0.2, 0) is 23.0 Å². The lowest BCUT2D eigenvalue weighted by molar-refractivity contribution is 0.493. The van der Waals surface area contributed by atoms with Gasteiger partial charge in [0.2, 0.25) is 0 Å². The van der Waals surface area contributed by atoms with Crippen LogP contribution in [0.2, 0.25) is 0 Å². The quantitative estimate of drug-likeness (QED) is 0.478. The fourth-order valence-corrected chi connectivity index (χ4v) is 6.70. The van der Waals surface area contributed by atoms with Crippen LogP contribution in [0, 0.1) is 12.5 Å². The van der Waals surface area contributed by atoms with E-state index in [0.717, 1.165) is 16.9 Å². The first-order valence-electron chi connectivity index (χ1n) is 10.1. The van der Waals surface area contributed by atoms with Gasteiger partial charge in [-0.25, -0.2) is 23.0 Å². The Balaban J connectivity index is 2.10. The molecule has 0 amide bonds. The summed E-state index contributed by atoms with van der Waals surface area (Å²) in [5.74, 6) is 0.399. The molecule has 3 aromatic rings. The van der Waals surface area contributed by atoms with Crippen LogP contribution in [0.1, 0.15) is 45.1 Å². The zero-order valence-corrected chi connectivity index (χ0v) is 20.1. The topological polar surface area (TPSA) is 68.3 Å². The van der Waals surface area contributed by atoms with E-state index >= 15 is 0 Å². The van der Waals surface area contributed by atoms with E-state index in [1.807, 2.05) is 55.8 Å². The fourth-order valence-electron chi connectivity index (χ4n) is 3.35. The number of imidazole rings is 1. The first-order chi connectivity index (χ1) is 14.5. The number of nitrogens with zero attached hydrogens (tertiary/aromatic N) is 3. The fraction of sp³-hybridized carbons (Fsp3) is 0.391. The average molecular weight is 457 g/mol. The summed E-state index contributed by atoms with van der Waals surface area (Å²) in [6, 6.07) is 7.56. The zero-order valence-electron chi connectivity index (χ0n) is 18.5. The van der Waals surface area contributed by atoms with E-state index in [9.17, 15) is 8.42 Å². The molecule has 0 atom stereocenters. The van der Waals surface area contributed by atoms with Gasteiger partial charge in [0.1, 0.15) is 4.21 Å². The molecule has 0 aliphatic heterocycles. The maximum Gasteiger partial charge on any atom is 0.251 e. The highest BCUT2D eigenvalue weighted by Crippen LogP contribution is 2.41. The number of nitrogens with one attached hydrogen (secondary N) is 1. The molecule has 8 heteroatoms. The van der Waals surface area contributed by atoms with Gasteiger partial charge in [0.05, 0.1) is 12.9 Å². The maximum absolute atomic E-state index is 13.2. The highest BCUT2D eigenvalue weighted by molar-refractivity contribution is 7.91. The van der Waals surface area contributed by atoms with Crippen LogP contribution < -0.4 is 4.72 Å². The van der Waals surface area contributed by atoms with Crippen molar-refractivity contribution < 1.29 is 8.42 Å². The van der Waals surface area contributed by atoms with Gasteiger partial charge in [0.25, 0.3) is 10.0 Å². The van der Waals surface area contributed by atoms with Crippen molar-refractivity contribution in [2.45, 2.75) is 57.3 Å². The Morgan fingerprint density at radius 1 is 1.23 bits per heavy atom. The van der Waals surface area contributed by atoms with Gasteiger partial charge in [-0.1, -0.05) is 32.0 Å². The lowest BCUT2D eigenvalue weighted by Crippen LogP contribution is -2.40. The number of hydrogen-bond donors (Lipinski definition) is 1. The Kier molecular flexibility index (Phi) is 6.70. The number of sulfonamides is 1. The molecule has 2 heterocycles. The Morgan fingerprint density at radius 3 is 2.55 bits per heavy atom. The lowest BCUT2D eigenvalue weighted by Gasteiger charge is -2.20. The van der Waals surface area contributed by atoms with Crippen molar-refractivity contribution in [3.05, 3.63) is 64.8 Å². The molecule has 164 valence electrons. The smallest absolute Gasteiger partial charge is 0.251 e. The summed E-state index contributed by atoms with van der Waals surface area (Å²) >= 11 is 1.29. The molecular formula is C23H28N4O2S2. The number of thiophene rings is 1. The molecule has 3 rings (SSSR count). The Morgan fingerprint density at radius 2 is 1.97 bits per heavy atom. The maximum atomic E-state index is 13.2. The van der Waals surface area contributed by atoms with Gasteiger partial charge in [-0.05, 0) is 50.3 Å². The molecule has 0 saturated heterocycles. The second-order valence-corrected chi connectivity index (χ2v) is 12.1. The largest absolute Gasteiger partial charge is 0.333 e. The van der Waals surface area contributed by atoms with Crippen LogP contribution in [-0.4, -0.2) is 23.5 Å². The third kappa shape index (κ3) is 5.82. The van der Waals surface area contributed by atoms with Crippen molar-refractivity contribution in [2.75, 3.05) is 0 Å². The van der Waals surface area contributed by atoms with Gasteiger partial charge in [-0.2, -0.15) is 0 Å². The summed E-state index contributed by atoms with van der Waals surface area (Å²) in [7, 11) is -3.73. The molecule has 0 spiro atoms. The summed E-state index contributed by atoms with van der Waals surface area (Å²) < 4.78 is 31.4. The third-order valence-corrected chi connectivity index (χ3v) is 7.89. The third-order valence-electron chi connectivity index (χ3n) is 4.44. The zero-order chi connectivity index (χ0) is 22.8. The summed E-state index contributed by atoms with van der Waals surface area (Å²) in [5.41, 5.74) is 2.04. The van der Waals surface area contributed by atoms with E-state index in [0.29, 0.717) is 29.3 Å². The van der Waals surface area contributed by atoms with Crippen LogP contribution in [0.25, 0.3) is 16.0 Å². The predicted molar refractivity (Wildman–Crippen MR) is 126 cm³/mol. The molecule has 31 heavy (non-hydrogen) atoms. The molecule has 0 unspecified atom stereocenters. The molecule has 1 N–H and O–H groups in total. The number of hydrogen-bond acceptors (Lipinski definition) is 4. The molecule has 0 radical (unpaired) electrons. The number of aromatic nitrogens is 2. The highest BCUT2D eigenvalue weighted by atomic mass is 32.2. The van der Waals surface area contributed by atoms with E-state index in [4.69, 9.17) is 6.57 Å². The van der Waals surface area contributed by atoms with Gasteiger partial charge < -0.3 is 4.57 Å². The monoisotopic (exact) mass is 456 g/mol. The van der Waals surface area contributed by atoms with Gasteiger partial charge >= 0.3 is 0 Å². The summed E-state index contributed by atoms with van der Waals surface area (Å²) in [5, 5.41) is 0. The van der Waals surface area contributed by atoms with Crippen molar-refractivity contribution in [3.63, 3.8) is 0 Å². The molecule has 0 saturated carbocycles. The molecule has 2 aromatic heterocycles. The van der Waals surface area contributed by atoms with Crippen molar-refractivity contribution in [1.82, 2.24) is 14.3 Å². The molecule has 1 aromatic carbocycles. The van der Waals surface area contributed by atoms with E-state index < -0.39 is 15.6 Å². The minimum Gasteiger partial charge on any atom is -0.333 e. The van der Waals surface area contributed by atoms with Crippen LogP contribution >= 0.6 is 11.3 Å². The normalized spacial score (nSPS) is 12.3. The summed E-state index contributed by atoms with van der Waals surface area (Å²) in [4.78, 5) is 8.77. The summed E-state index contributed by atoms with van der Waals surface area (Å²) in [6.07, 6.45) is 6.09. The first kappa shape index (κ1) is 23.2. The van der Waals surface area contributed by atoms with Gasteiger partial charge in [0, 0.05) is 34.9 Å². The first-order valence-corrected chi connectivity index (χ1v) is 12.4. The molecule has 0 bridgehead atoms. The second kappa shape index (κ2) is 8.95. The van der Waals surface area contributed by atoms with E-state index in [1.165, 1.54) is 11.3 Å². The molecule has 0 fully saturated rings.